The topological polar surface area (TPSA) is 104 Å². The molecule has 31 heavy (non-hydrogen) atoms. The van der Waals surface area contributed by atoms with Gasteiger partial charge in [0.2, 0.25) is 5.78 Å². The molecule has 4 aliphatic carbocycles. The number of aliphatic hydroxyl groups excluding tert-OH is 1. The van der Waals surface area contributed by atoms with Crippen molar-refractivity contribution in [2.24, 2.45) is 0 Å². The van der Waals surface area contributed by atoms with Gasteiger partial charge in [0.25, 0.3) is 0 Å². The molecule has 3 N–H and O–H groups in total. The van der Waals surface area contributed by atoms with Gasteiger partial charge >= 0.3 is 0 Å². The number of hydrogen-bond donors (Lipinski definition) is 3. The van der Waals surface area contributed by atoms with Gasteiger partial charge in [-0.15, -0.1) is 11.6 Å². The van der Waals surface area contributed by atoms with Crippen LogP contribution in [0.5, 0.6) is 11.5 Å². The third-order valence-electron chi connectivity index (χ3n) is 6.44. The molecule has 4 bridgehead atoms. The quantitative estimate of drug-likeness (QED) is 0.416. The third kappa shape index (κ3) is 3.16. The molecule has 1 heterocycles. The summed E-state index contributed by atoms with van der Waals surface area (Å²) in [5.41, 5.74) is -1.59. The van der Waals surface area contributed by atoms with E-state index in [4.69, 9.17) is 16.3 Å². The fourth-order valence-electron chi connectivity index (χ4n) is 4.54. The number of rotatable bonds is 0. The van der Waals surface area contributed by atoms with Crippen molar-refractivity contribution in [3.63, 3.8) is 0 Å². The molecule has 7 heteroatoms. The highest BCUT2D eigenvalue weighted by Gasteiger charge is 2.57. The predicted octanol–water partition coefficient (Wildman–Crippen LogP) is 3.76. The monoisotopic (exact) mass is 444 g/mol. The van der Waals surface area contributed by atoms with E-state index in [0.29, 0.717) is 5.57 Å². The second kappa shape index (κ2) is 7.05. The molecule has 6 rings (SSSR count). The summed E-state index contributed by atoms with van der Waals surface area (Å²) >= 11 is 6.46. The van der Waals surface area contributed by atoms with Crippen molar-refractivity contribution in [2.75, 3.05) is 0 Å². The number of aromatic hydroxyl groups is 2. The average Bonchev–Trinajstić information content (AvgIpc) is 2.69. The van der Waals surface area contributed by atoms with Gasteiger partial charge < -0.3 is 20.1 Å². The number of fused-ring (bicyclic) bond motifs is 1. The number of ketones is 2. The van der Waals surface area contributed by atoms with Crippen LogP contribution in [-0.2, 0) is 11.2 Å². The highest BCUT2D eigenvalue weighted by atomic mass is 35.5. The highest BCUT2D eigenvalue weighted by Crippen LogP contribution is 2.50. The minimum Gasteiger partial charge on any atom is -0.507 e. The van der Waals surface area contributed by atoms with E-state index in [9.17, 15) is 24.9 Å². The van der Waals surface area contributed by atoms with Crippen LogP contribution in [0.2, 0.25) is 0 Å². The van der Waals surface area contributed by atoms with Gasteiger partial charge in [-0.3, -0.25) is 9.59 Å². The zero-order valence-corrected chi connectivity index (χ0v) is 18.4. The van der Waals surface area contributed by atoms with Gasteiger partial charge in [-0.1, -0.05) is 24.3 Å². The molecule has 0 radical (unpaired) electrons. The van der Waals surface area contributed by atoms with E-state index in [1.165, 1.54) is 12.1 Å². The molecule has 1 aliphatic heterocycles. The lowest BCUT2D eigenvalue weighted by Crippen LogP contribution is -2.58. The van der Waals surface area contributed by atoms with E-state index in [-0.39, 0.29) is 47.3 Å². The van der Waals surface area contributed by atoms with Crippen LogP contribution in [0.3, 0.4) is 0 Å². The van der Waals surface area contributed by atoms with Crippen LogP contribution in [0.1, 0.15) is 59.9 Å². The van der Waals surface area contributed by atoms with Crippen LogP contribution >= 0.6 is 11.6 Å². The van der Waals surface area contributed by atoms with Crippen molar-refractivity contribution in [2.45, 2.75) is 62.7 Å². The van der Waals surface area contributed by atoms with Gasteiger partial charge in [-0.2, -0.15) is 0 Å². The summed E-state index contributed by atoms with van der Waals surface area (Å²) in [5.74, 6) is -1.92. The first-order valence-electron chi connectivity index (χ1n) is 10.1. The molecule has 1 spiro atoms. The van der Waals surface area contributed by atoms with Crippen LogP contribution < -0.4 is 0 Å². The van der Waals surface area contributed by atoms with E-state index in [1.807, 2.05) is 6.92 Å². The molecule has 0 fully saturated rings. The second-order valence-electron chi connectivity index (χ2n) is 9.13. The Bertz CT molecular complexity index is 1100. The standard InChI is InChI=1S/C24H25ClO6/c1-11-5-6-24-15(10-18(25)23(3,4)31-24)21(29)19-14(22(24)30)9-17(27)13(20(19)28)8-12(2)16(26)7-11/h5,9-10,16,18,26-28H,2,6-8H2,1,3-4H3/b11-5+/t16-,18+,24+/m0/s1. The summed E-state index contributed by atoms with van der Waals surface area (Å²) in [6.07, 6.45) is 2.64. The zero-order valence-electron chi connectivity index (χ0n) is 17.7. The van der Waals surface area contributed by atoms with Gasteiger partial charge in [0.1, 0.15) is 11.5 Å². The number of alkyl halides is 1. The number of carbonyl (C=O) groups excluding carboxylic acids is 2. The van der Waals surface area contributed by atoms with Gasteiger partial charge in [0, 0.05) is 29.5 Å². The van der Waals surface area contributed by atoms with E-state index in [1.54, 1.807) is 19.9 Å². The third-order valence-corrected chi connectivity index (χ3v) is 7.09. The summed E-state index contributed by atoms with van der Waals surface area (Å²) in [6, 6.07) is 1.19. The number of carbonyl (C=O) groups is 2. The van der Waals surface area contributed by atoms with Crippen LogP contribution in [0.25, 0.3) is 0 Å². The van der Waals surface area contributed by atoms with Crippen LogP contribution in [0.4, 0.5) is 0 Å². The van der Waals surface area contributed by atoms with Crippen molar-refractivity contribution in [1.82, 2.24) is 0 Å². The van der Waals surface area contributed by atoms with Crippen molar-refractivity contribution in [1.29, 1.82) is 0 Å². The first-order valence-corrected chi connectivity index (χ1v) is 10.6. The Morgan fingerprint density at radius 1 is 1.26 bits per heavy atom. The van der Waals surface area contributed by atoms with Gasteiger partial charge in [0.05, 0.1) is 22.6 Å². The molecular weight excluding hydrogens is 420 g/mol. The molecule has 0 saturated carbocycles. The Hall–Kier alpha value is -2.41. The summed E-state index contributed by atoms with van der Waals surface area (Å²) in [4.78, 5) is 27.3. The molecule has 5 aliphatic rings. The molecule has 0 unspecified atom stereocenters. The minimum absolute atomic E-state index is 0.0393. The minimum atomic E-state index is -1.64. The molecule has 0 amide bonds. The number of Topliss-reactive ketones (excluding diaryl/α,β-unsaturated/α-hetero) is 2. The number of halogens is 1. The van der Waals surface area contributed by atoms with Crippen molar-refractivity contribution >= 4 is 23.2 Å². The van der Waals surface area contributed by atoms with Gasteiger partial charge in [-0.05, 0) is 38.8 Å². The van der Waals surface area contributed by atoms with E-state index < -0.39 is 40.0 Å². The molecule has 1 aromatic rings. The molecular formula is C24H25ClO6. The van der Waals surface area contributed by atoms with Crippen LogP contribution in [0.15, 0.2) is 41.5 Å². The molecule has 0 aromatic heterocycles. The molecule has 164 valence electrons. The lowest BCUT2D eigenvalue weighted by molar-refractivity contribution is -0.103. The Labute approximate surface area is 185 Å². The highest BCUT2D eigenvalue weighted by molar-refractivity contribution is 6.30. The van der Waals surface area contributed by atoms with Crippen molar-refractivity contribution < 1.29 is 29.6 Å². The number of phenolic OH excluding ortho intramolecular Hbond substituents is 2. The fourth-order valence-corrected chi connectivity index (χ4v) is 4.71. The first kappa shape index (κ1) is 21.8. The summed E-state index contributed by atoms with van der Waals surface area (Å²) < 4.78 is 6.26. The fraction of sp³-hybridized carbons (Fsp3) is 0.417. The Morgan fingerprint density at radius 3 is 2.61 bits per heavy atom. The van der Waals surface area contributed by atoms with Crippen LogP contribution in [-0.4, -0.2) is 49.6 Å². The number of aliphatic hydroxyl groups is 1. The zero-order chi connectivity index (χ0) is 22.9. The average molecular weight is 445 g/mol. The predicted molar refractivity (Wildman–Crippen MR) is 116 cm³/mol. The summed E-state index contributed by atoms with van der Waals surface area (Å²) in [6.45, 7) is 9.17. The summed E-state index contributed by atoms with van der Waals surface area (Å²) in [5, 5.41) is 31.4. The number of benzene rings is 1. The van der Waals surface area contributed by atoms with E-state index >= 15 is 0 Å². The van der Waals surface area contributed by atoms with E-state index in [2.05, 4.69) is 6.58 Å². The van der Waals surface area contributed by atoms with Gasteiger partial charge in [0.15, 0.2) is 11.4 Å². The maximum absolute atomic E-state index is 13.8. The maximum Gasteiger partial charge on any atom is 0.200 e. The maximum atomic E-state index is 13.8. The molecule has 6 nitrogen and oxygen atoms in total. The Balaban J connectivity index is 2.07. The lowest BCUT2D eigenvalue weighted by atomic mass is 9.69. The number of hydrogen-bond acceptors (Lipinski definition) is 6. The molecule has 0 saturated heterocycles. The second-order valence-corrected chi connectivity index (χ2v) is 9.60. The smallest absolute Gasteiger partial charge is 0.200 e. The summed E-state index contributed by atoms with van der Waals surface area (Å²) in [7, 11) is 0. The number of phenols is 2. The largest absolute Gasteiger partial charge is 0.507 e. The van der Waals surface area contributed by atoms with Crippen molar-refractivity contribution in [3.05, 3.63) is 58.2 Å². The Kier molecular flexibility index (Phi) is 4.96. The lowest BCUT2D eigenvalue weighted by Gasteiger charge is -2.48. The van der Waals surface area contributed by atoms with Gasteiger partial charge in [-0.25, -0.2) is 0 Å². The Morgan fingerprint density at radius 2 is 1.94 bits per heavy atom. The molecule has 3 atom stereocenters. The van der Waals surface area contributed by atoms with Crippen LogP contribution in [0, 0.1) is 0 Å². The molecule has 1 aromatic carbocycles. The first-order chi connectivity index (χ1) is 14.4. The van der Waals surface area contributed by atoms with Crippen molar-refractivity contribution in [3.8, 4) is 11.5 Å². The van der Waals surface area contributed by atoms with E-state index in [0.717, 1.165) is 5.57 Å². The number of ether oxygens (including phenoxy) is 1. The SMILES string of the molecule is C=C1Cc2c(O)cc3c(c2O)C(=O)C2=C[C@@H](Cl)C(C)(C)O[C@@]2(C/C=C(\C)C[C@@H]1O)C3=O. The normalized spacial score (nSPS) is 31.8.